The van der Waals surface area contributed by atoms with Crippen LogP contribution < -0.4 is 0 Å². The van der Waals surface area contributed by atoms with Crippen molar-refractivity contribution in [3.8, 4) is 0 Å². The normalized spacial score (nSPS) is 9.44. The second kappa shape index (κ2) is 23.2. The van der Waals surface area contributed by atoms with E-state index in [2.05, 4.69) is 79.7 Å². The average molecular weight is 351 g/mol. The van der Waals surface area contributed by atoms with Gasteiger partial charge in [0.25, 0.3) is 0 Å². The quantitative estimate of drug-likeness (QED) is 0.459. The van der Waals surface area contributed by atoms with Crippen LogP contribution in [0.5, 0.6) is 0 Å². The van der Waals surface area contributed by atoms with E-state index in [-0.39, 0.29) is 0 Å². The van der Waals surface area contributed by atoms with E-state index in [4.69, 9.17) is 0 Å². The third kappa shape index (κ3) is 17.8. The summed E-state index contributed by atoms with van der Waals surface area (Å²) in [5.74, 6) is 1.76. The average Bonchev–Trinajstić information content (AvgIpc) is 2.65. The zero-order chi connectivity index (χ0) is 20.1. The predicted octanol–water partition coefficient (Wildman–Crippen LogP) is 9.56. The molecule has 150 valence electrons. The molecule has 0 aliphatic carbocycles. The first-order valence-electron chi connectivity index (χ1n) is 11.1. The molecule has 0 saturated carbocycles. The van der Waals surface area contributed by atoms with Gasteiger partial charge < -0.3 is 0 Å². The second-order valence-electron chi connectivity index (χ2n) is 6.60. The van der Waals surface area contributed by atoms with Crippen molar-refractivity contribution in [3.63, 3.8) is 0 Å². The van der Waals surface area contributed by atoms with Gasteiger partial charge in [0.1, 0.15) is 0 Å². The summed E-state index contributed by atoms with van der Waals surface area (Å²) in [4.78, 5) is 0. The minimum absolute atomic E-state index is 0.755. The fraction of sp³-hybridized carbons (Fsp3) is 0.760. The van der Waals surface area contributed by atoms with E-state index in [9.17, 15) is 0 Å². The molecule has 1 rings (SSSR count). The van der Waals surface area contributed by atoms with Crippen LogP contribution in [0.4, 0.5) is 0 Å². The Hall–Kier alpha value is -0.780. The molecule has 25 heavy (non-hydrogen) atoms. The van der Waals surface area contributed by atoms with Crippen LogP contribution in [-0.2, 0) is 0 Å². The lowest BCUT2D eigenvalue weighted by Gasteiger charge is -2.12. The van der Waals surface area contributed by atoms with Gasteiger partial charge in [0, 0.05) is 0 Å². The molecule has 0 N–H and O–H groups in total. The Kier molecular flexibility index (Phi) is 26.9. The summed E-state index contributed by atoms with van der Waals surface area (Å²) in [6, 6.07) is 8.92. The Morgan fingerprint density at radius 1 is 0.680 bits per heavy atom. The molecule has 0 spiro atoms. The maximum absolute atomic E-state index is 2.28. The first-order chi connectivity index (χ1) is 12.0. The molecular formula is C25H50. The zero-order valence-electron chi connectivity index (χ0n) is 19.4. The van der Waals surface area contributed by atoms with Crippen LogP contribution in [0, 0.1) is 12.8 Å². The summed E-state index contributed by atoms with van der Waals surface area (Å²) in [7, 11) is 0. The molecule has 1 aromatic carbocycles. The molecule has 0 aliphatic rings. The van der Waals surface area contributed by atoms with Gasteiger partial charge in [-0.2, -0.15) is 0 Å². The van der Waals surface area contributed by atoms with Gasteiger partial charge in [0.05, 0.1) is 0 Å². The number of hydrogen-bond acceptors (Lipinski definition) is 0. The fourth-order valence-corrected chi connectivity index (χ4v) is 2.70. The molecule has 0 radical (unpaired) electrons. The molecule has 0 fully saturated rings. The number of benzene rings is 1. The topological polar surface area (TPSA) is 0 Å². The Balaban J connectivity index is -0.000000323. The Bertz CT molecular complexity index is 314. The first kappa shape index (κ1) is 29.0. The van der Waals surface area contributed by atoms with Gasteiger partial charge in [-0.1, -0.05) is 124 Å². The Morgan fingerprint density at radius 3 is 1.32 bits per heavy atom. The molecule has 0 unspecified atom stereocenters. The highest BCUT2D eigenvalue weighted by Gasteiger charge is 2.04. The molecule has 0 amide bonds. The summed E-state index contributed by atoms with van der Waals surface area (Å²) >= 11 is 0. The maximum Gasteiger partial charge on any atom is -0.0167 e. The van der Waals surface area contributed by atoms with E-state index in [1.165, 1.54) is 56.1 Å². The molecular weight excluding hydrogens is 300 g/mol. The third-order valence-electron chi connectivity index (χ3n) is 4.39. The largest absolute Gasteiger partial charge is 0.0683 e. The van der Waals surface area contributed by atoms with Crippen molar-refractivity contribution < 1.29 is 0 Å². The molecule has 0 aliphatic heterocycles. The second-order valence-corrected chi connectivity index (χ2v) is 6.60. The third-order valence-corrected chi connectivity index (χ3v) is 4.39. The lowest BCUT2D eigenvalue weighted by atomic mass is 9.93. The zero-order valence-corrected chi connectivity index (χ0v) is 19.4. The molecule has 1 aromatic rings. The van der Waals surface area contributed by atoms with Gasteiger partial charge in [-0.05, 0) is 37.2 Å². The van der Waals surface area contributed by atoms with Crippen molar-refractivity contribution in [3.05, 3.63) is 35.4 Å². The van der Waals surface area contributed by atoms with Crippen molar-refractivity contribution in [2.75, 3.05) is 0 Å². The van der Waals surface area contributed by atoms with Gasteiger partial charge in [0.15, 0.2) is 0 Å². The lowest BCUT2D eigenvalue weighted by Crippen LogP contribution is -1.94. The fourth-order valence-electron chi connectivity index (χ4n) is 2.70. The monoisotopic (exact) mass is 350 g/mol. The highest BCUT2D eigenvalue weighted by Crippen LogP contribution is 2.22. The van der Waals surface area contributed by atoms with E-state index >= 15 is 0 Å². The summed E-state index contributed by atoms with van der Waals surface area (Å²) in [5.41, 5.74) is 2.84. The molecule has 0 heteroatoms. The Morgan fingerprint density at radius 2 is 1.08 bits per heavy atom. The van der Waals surface area contributed by atoms with E-state index < -0.39 is 0 Å². The minimum atomic E-state index is 0.755. The van der Waals surface area contributed by atoms with Crippen molar-refractivity contribution in [2.24, 2.45) is 5.92 Å². The van der Waals surface area contributed by atoms with Crippen LogP contribution in [0.3, 0.4) is 0 Å². The predicted molar refractivity (Wildman–Crippen MR) is 121 cm³/mol. The first-order valence-corrected chi connectivity index (χ1v) is 11.1. The highest BCUT2D eigenvalue weighted by atomic mass is 14.1. The van der Waals surface area contributed by atoms with Crippen LogP contribution >= 0.6 is 0 Å². The van der Waals surface area contributed by atoms with E-state index in [0.717, 1.165) is 11.8 Å². The van der Waals surface area contributed by atoms with Gasteiger partial charge in [0.2, 0.25) is 0 Å². The molecule has 0 aromatic heterocycles. The maximum atomic E-state index is 2.28. The SMILES string of the molecule is CC.CCC.CCC(CC)c1ccc(C)cc1.CCCC(CC)CC. The summed E-state index contributed by atoms with van der Waals surface area (Å²) in [5, 5.41) is 0. The molecule has 0 heterocycles. The van der Waals surface area contributed by atoms with Crippen molar-refractivity contribution in [1.29, 1.82) is 0 Å². The van der Waals surface area contributed by atoms with Crippen LogP contribution in [0.25, 0.3) is 0 Å². The summed E-state index contributed by atoms with van der Waals surface area (Å²) < 4.78 is 0. The lowest BCUT2D eigenvalue weighted by molar-refractivity contribution is 0.451. The van der Waals surface area contributed by atoms with Gasteiger partial charge in [-0.3, -0.25) is 0 Å². The van der Waals surface area contributed by atoms with Crippen LogP contribution in [0.15, 0.2) is 24.3 Å². The smallest absolute Gasteiger partial charge is 0.0167 e. The van der Waals surface area contributed by atoms with Gasteiger partial charge >= 0.3 is 0 Å². The Labute approximate surface area is 161 Å². The summed E-state index contributed by atoms with van der Waals surface area (Å²) in [6.07, 6.45) is 9.26. The van der Waals surface area contributed by atoms with E-state index in [0.29, 0.717) is 0 Å². The minimum Gasteiger partial charge on any atom is -0.0683 e. The molecule has 0 bridgehead atoms. The van der Waals surface area contributed by atoms with E-state index in [1.807, 2.05) is 13.8 Å². The van der Waals surface area contributed by atoms with Gasteiger partial charge in [-0.25, -0.2) is 0 Å². The van der Waals surface area contributed by atoms with Crippen LogP contribution in [0.1, 0.15) is 124 Å². The number of hydrogen-bond donors (Lipinski definition) is 0. The van der Waals surface area contributed by atoms with Crippen molar-refractivity contribution >= 4 is 0 Å². The highest BCUT2D eigenvalue weighted by molar-refractivity contribution is 5.24. The van der Waals surface area contributed by atoms with Gasteiger partial charge in [-0.15, -0.1) is 0 Å². The molecule has 0 nitrogen and oxygen atoms in total. The number of aryl methyl sites for hydroxylation is 1. The standard InChI is InChI=1S/C12H18.C8H18.C3H8.C2H6/c1-4-11(5-2)12-8-6-10(3)7-9-12;1-4-7-8(5-2)6-3;1-3-2;1-2/h6-9,11H,4-5H2,1-3H3;8H,4-7H2,1-3H3;3H2,1-2H3;1-2H3. The summed E-state index contributed by atoms with van der Waals surface area (Å²) in [6.45, 7) is 21.7. The van der Waals surface area contributed by atoms with Crippen molar-refractivity contribution in [2.45, 2.75) is 120 Å². The molecule has 0 atom stereocenters. The number of rotatable bonds is 7. The van der Waals surface area contributed by atoms with E-state index in [1.54, 1.807) is 0 Å². The van der Waals surface area contributed by atoms with Crippen molar-refractivity contribution in [1.82, 2.24) is 0 Å². The van der Waals surface area contributed by atoms with Crippen LogP contribution in [-0.4, -0.2) is 0 Å². The van der Waals surface area contributed by atoms with Crippen LogP contribution in [0.2, 0.25) is 0 Å². The molecule has 0 saturated heterocycles.